The molecule has 0 amide bonds. The maximum absolute atomic E-state index is 14.2. The predicted octanol–water partition coefficient (Wildman–Crippen LogP) is 8.96. The first-order valence-electron chi connectivity index (χ1n) is 14.9. The lowest BCUT2D eigenvalue weighted by molar-refractivity contribution is -0.0499. The zero-order chi connectivity index (χ0) is 37.8. The van der Waals surface area contributed by atoms with Crippen LogP contribution in [0.2, 0.25) is 5.02 Å². The summed E-state index contributed by atoms with van der Waals surface area (Å²) in [6.45, 7) is 5.12. The summed E-state index contributed by atoms with van der Waals surface area (Å²) in [4.78, 5) is 4.29. The standard InChI is InChI=1S/C35H28ClF4N3O7S2/c1-5-22(15-23(37)6-2)27-18-31(48-4)29(17-30(27)36)34-26-12-11-25(16-28(26)32(19-41-34)50-52(45,46)35(38,39)40)51(44)43(33-13-14-49-42-33)20-21-7-9-24(47-3)10-8-21/h5-19H,2,20H2,1,3-4H3/b22-5+,23-15+. The molecule has 0 aliphatic carbocycles. The molecule has 3 aromatic carbocycles. The van der Waals surface area contributed by atoms with Gasteiger partial charge < -0.3 is 18.2 Å². The van der Waals surface area contributed by atoms with Crippen molar-refractivity contribution in [3.05, 3.63) is 120 Å². The molecule has 10 nitrogen and oxygen atoms in total. The number of nitrogens with zero attached hydrogens (tertiary/aromatic N) is 3. The summed E-state index contributed by atoms with van der Waals surface area (Å²) in [7, 11) is -5.40. The molecule has 0 N–H and O–H groups in total. The van der Waals surface area contributed by atoms with E-state index in [1.807, 2.05) is 0 Å². The number of halogens is 5. The summed E-state index contributed by atoms with van der Waals surface area (Å²) < 4.78 is 115. The Morgan fingerprint density at radius 1 is 1.04 bits per heavy atom. The van der Waals surface area contributed by atoms with Crippen molar-refractivity contribution < 1.29 is 48.4 Å². The Morgan fingerprint density at radius 2 is 1.77 bits per heavy atom. The topological polar surface area (TPSA) is 121 Å². The Bertz CT molecular complexity index is 2310. The van der Waals surface area contributed by atoms with Gasteiger partial charge in [0, 0.05) is 33.0 Å². The smallest absolute Gasteiger partial charge is 0.497 e. The summed E-state index contributed by atoms with van der Waals surface area (Å²) >= 11 is 6.67. The molecule has 5 rings (SSSR count). The Labute approximate surface area is 303 Å². The van der Waals surface area contributed by atoms with Gasteiger partial charge in [0.15, 0.2) is 22.6 Å². The maximum atomic E-state index is 14.2. The van der Waals surface area contributed by atoms with Gasteiger partial charge >= 0.3 is 15.6 Å². The van der Waals surface area contributed by atoms with Crippen LogP contribution < -0.4 is 18.0 Å². The molecule has 1 unspecified atom stereocenters. The first-order valence-corrected chi connectivity index (χ1v) is 17.8. The molecular weight excluding hydrogens is 750 g/mol. The number of aromatic nitrogens is 2. The fourth-order valence-corrected chi connectivity index (χ4v) is 6.91. The summed E-state index contributed by atoms with van der Waals surface area (Å²) in [6.07, 6.45) is 5.92. The van der Waals surface area contributed by atoms with Crippen molar-refractivity contribution in [1.29, 1.82) is 0 Å². The van der Waals surface area contributed by atoms with Crippen molar-refractivity contribution >= 4 is 54.9 Å². The quantitative estimate of drug-likeness (QED) is 0.0499. The molecule has 17 heteroatoms. The van der Waals surface area contributed by atoms with E-state index in [0.29, 0.717) is 22.4 Å². The highest BCUT2D eigenvalue weighted by atomic mass is 35.5. The van der Waals surface area contributed by atoms with Crippen molar-refractivity contribution in [2.75, 3.05) is 18.5 Å². The largest absolute Gasteiger partial charge is 0.534 e. The van der Waals surface area contributed by atoms with E-state index < -0.39 is 38.2 Å². The minimum atomic E-state index is -6.16. The lowest BCUT2D eigenvalue weighted by Gasteiger charge is -2.21. The number of ether oxygens (including phenoxy) is 2. The maximum Gasteiger partial charge on any atom is 0.534 e. The van der Waals surface area contributed by atoms with Crippen molar-refractivity contribution in [3.8, 4) is 28.5 Å². The molecule has 1 atom stereocenters. The van der Waals surface area contributed by atoms with E-state index in [9.17, 15) is 30.2 Å². The van der Waals surface area contributed by atoms with Crippen molar-refractivity contribution in [2.45, 2.75) is 23.9 Å². The first-order chi connectivity index (χ1) is 24.7. The van der Waals surface area contributed by atoms with Gasteiger partial charge in [-0.1, -0.05) is 47.6 Å². The van der Waals surface area contributed by atoms with E-state index >= 15 is 0 Å². The van der Waals surface area contributed by atoms with Gasteiger partial charge in [0.05, 0.1) is 37.6 Å². The van der Waals surface area contributed by atoms with Crippen LogP contribution in [0, 0.1) is 0 Å². The van der Waals surface area contributed by atoms with Gasteiger partial charge in [0.2, 0.25) is 0 Å². The van der Waals surface area contributed by atoms with E-state index in [1.54, 1.807) is 37.3 Å². The Hall–Kier alpha value is -5.19. The van der Waals surface area contributed by atoms with Crippen LogP contribution in [0.15, 0.2) is 113 Å². The number of methoxy groups -OCH3 is 2. The van der Waals surface area contributed by atoms with E-state index in [0.717, 1.165) is 12.3 Å². The molecule has 0 radical (unpaired) electrons. The number of hydrogen-bond acceptors (Lipinski definition) is 9. The number of rotatable bonds is 13. The van der Waals surface area contributed by atoms with Crippen LogP contribution in [0.3, 0.4) is 0 Å². The lowest BCUT2D eigenvalue weighted by Crippen LogP contribution is -2.28. The van der Waals surface area contributed by atoms with Gasteiger partial charge in [-0.25, -0.2) is 8.60 Å². The van der Waals surface area contributed by atoms with Gasteiger partial charge in [-0.05, 0) is 66.6 Å². The molecule has 272 valence electrons. The third-order valence-corrected chi connectivity index (χ3v) is 10.2. The number of hydrogen-bond donors (Lipinski definition) is 0. The van der Waals surface area contributed by atoms with E-state index in [4.69, 9.17) is 25.6 Å². The van der Waals surface area contributed by atoms with Gasteiger partial charge in [0.25, 0.3) is 0 Å². The van der Waals surface area contributed by atoms with Crippen LogP contribution in [0.1, 0.15) is 18.1 Å². The Balaban J connectivity index is 1.69. The lowest BCUT2D eigenvalue weighted by atomic mass is 9.98. The highest BCUT2D eigenvalue weighted by Gasteiger charge is 2.49. The Kier molecular flexibility index (Phi) is 11.4. The molecule has 0 spiro atoms. The van der Waals surface area contributed by atoms with Gasteiger partial charge in [-0.3, -0.25) is 9.29 Å². The molecule has 0 aliphatic rings. The average molecular weight is 778 g/mol. The number of anilines is 1. The van der Waals surface area contributed by atoms with Crippen LogP contribution in [-0.2, 0) is 27.6 Å². The number of allylic oxidation sites excluding steroid dienone is 5. The SMILES string of the molecule is C=C/C(F)=C\C(=C/C)c1cc(OC)c(-c2ncc(OS(=O)(=O)C(F)(F)F)c3cc(S(=O)N(Cc4ccc(OC)cc4)c4ccon4)ccc23)cc1Cl. The summed E-state index contributed by atoms with van der Waals surface area (Å²) in [5.74, 6) is -0.472. The van der Waals surface area contributed by atoms with E-state index in [-0.39, 0.29) is 50.1 Å². The monoisotopic (exact) mass is 777 g/mol. The molecule has 5 aromatic rings. The van der Waals surface area contributed by atoms with Gasteiger partial charge in [-0.15, -0.1) is 0 Å². The molecular formula is C35H28ClF4N3O7S2. The molecule has 52 heavy (non-hydrogen) atoms. The molecule has 2 heterocycles. The zero-order valence-electron chi connectivity index (χ0n) is 27.5. The number of benzene rings is 3. The average Bonchev–Trinajstić information content (AvgIpc) is 3.67. The summed E-state index contributed by atoms with van der Waals surface area (Å²) in [6, 6.07) is 15.4. The fraction of sp³-hybridized carbons (Fsp3) is 0.143. The van der Waals surface area contributed by atoms with Gasteiger partial charge in [0.1, 0.15) is 23.6 Å². The molecule has 0 saturated heterocycles. The minimum absolute atomic E-state index is 0.0320. The van der Waals surface area contributed by atoms with E-state index in [1.165, 1.54) is 67.3 Å². The van der Waals surface area contributed by atoms with E-state index in [2.05, 4.69) is 20.9 Å². The third kappa shape index (κ3) is 7.98. The molecule has 0 aliphatic heterocycles. The van der Waals surface area contributed by atoms with Crippen LogP contribution in [0.4, 0.5) is 23.4 Å². The second-order valence-corrected chi connectivity index (χ2v) is 14.0. The van der Waals surface area contributed by atoms with Crippen molar-refractivity contribution in [2.24, 2.45) is 0 Å². The van der Waals surface area contributed by atoms with Gasteiger partial charge in [-0.2, -0.15) is 21.6 Å². The second-order valence-electron chi connectivity index (χ2n) is 10.7. The second kappa shape index (κ2) is 15.6. The highest BCUT2D eigenvalue weighted by Crippen LogP contribution is 2.43. The molecule has 2 aromatic heterocycles. The van der Waals surface area contributed by atoms with Crippen LogP contribution >= 0.6 is 11.6 Å². The Morgan fingerprint density at radius 3 is 2.37 bits per heavy atom. The summed E-state index contributed by atoms with van der Waals surface area (Å²) in [5, 5.41) is 3.94. The van der Waals surface area contributed by atoms with Crippen LogP contribution in [0.25, 0.3) is 27.6 Å². The third-order valence-electron chi connectivity index (χ3n) is 7.53. The molecule has 0 bridgehead atoms. The van der Waals surface area contributed by atoms with Crippen LogP contribution in [-0.4, -0.2) is 42.5 Å². The minimum Gasteiger partial charge on any atom is -0.497 e. The number of fused-ring (bicyclic) bond motifs is 1. The van der Waals surface area contributed by atoms with Crippen molar-refractivity contribution in [1.82, 2.24) is 10.1 Å². The number of alkyl halides is 3. The predicted molar refractivity (Wildman–Crippen MR) is 189 cm³/mol. The van der Waals surface area contributed by atoms with Crippen LogP contribution in [0.5, 0.6) is 17.2 Å². The normalized spacial score (nSPS) is 13.2. The molecule has 0 saturated carbocycles. The summed E-state index contributed by atoms with van der Waals surface area (Å²) in [5.41, 5.74) is -3.96. The highest BCUT2D eigenvalue weighted by molar-refractivity contribution is 7.88. The molecule has 0 fully saturated rings. The zero-order valence-corrected chi connectivity index (χ0v) is 29.9. The number of pyridine rings is 1. The fourth-order valence-electron chi connectivity index (χ4n) is 4.99. The van der Waals surface area contributed by atoms with Crippen molar-refractivity contribution in [3.63, 3.8) is 0 Å². The first kappa shape index (κ1) is 38.1.